The summed E-state index contributed by atoms with van der Waals surface area (Å²) in [5, 5.41) is 11.0. The van der Waals surface area contributed by atoms with E-state index in [2.05, 4.69) is 0 Å². The highest BCUT2D eigenvalue weighted by molar-refractivity contribution is 6.13. The Morgan fingerprint density at radius 2 is 2.11 bits per heavy atom. The molecule has 2 atom stereocenters. The molecular formula is C15H17O3-. The number of rotatable bonds is 2. The number of carboxylic acid groups (broad SMARTS) is 1. The van der Waals surface area contributed by atoms with Gasteiger partial charge in [0.1, 0.15) is 0 Å². The molecule has 0 unspecified atom stereocenters. The Hall–Kier alpha value is -1.64. The number of carboxylic acids is 1. The van der Waals surface area contributed by atoms with E-state index >= 15 is 0 Å². The van der Waals surface area contributed by atoms with Crippen molar-refractivity contribution in [1.82, 2.24) is 0 Å². The van der Waals surface area contributed by atoms with Gasteiger partial charge in [-0.15, -0.1) is 0 Å². The maximum atomic E-state index is 11.9. The number of fused-ring (bicyclic) bond motifs is 1. The van der Waals surface area contributed by atoms with Gasteiger partial charge in [-0.2, -0.15) is 0 Å². The molecule has 2 rings (SSSR count). The number of hydrogen-bond acceptors (Lipinski definition) is 3. The minimum atomic E-state index is -1.02. The Labute approximate surface area is 107 Å². The number of allylic oxidation sites excluding steroid dienone is 6. The maximum absolute atomic E-state index is 11.9. The summed E-state index contributed by atoms with van der Waals surface area (Å²) in [5.74, 6) is -1.55. The first kappa shape index (κ1) is 12.8. The van der Waals surface area contributed by atoms with Crippen molar-refractivity contribution in [2.45, 2.75) is 33.6 Å². The number of ketones is 1. The first-order valence-electron chi connectivity index (χ1n) is 6.27. The molecule has 96 valence electrons. The van der Waals surface area contributed by atoms with Crippen LogP contribution in [0.1, 0.15) is 33.6 Å². The van der Waals surface area contributed by atoms with Crippen LogP contribution in [-0.2, 0) is 9.59 Å². The summed E-state index contributed by atoms with van der Waals surface area (Å²) < 4.78 is 0. The standard InChI is InChI=1S/C15H18O3/c1-8-4-5-11(10(3)15(17)18)7-12-9(2)6-13(16)14(8)12/h6-7,10-11H,4-5H2,1-3H3,(H,17,18)/p-1/t10-,11-/m0/s1. The molecule has 2 aliphatic carbocycles. The van der Waals surface area contributed by atoms with Crippen LogP contribution in [0, 0.1) is 11.8 Å². The van der Waals surface area contributed by atoms with Crippen LogP contribution in [0.3, 0.4) is 0 Å². The van der Waals surface area contributed by atoms with Crippen LogP contribution >= 0.6 is 0 Å². The van der Waals surface area contributed by atoms with Crippen LogP contribution in [0.5, 0.6) is 0 Å². The summed E-state index contributed by atoms with van der Waals surface area (Å²) in [4.78, 5) is 22.9. The third-order valence-corrected chi connectivity index (χ3v) is 3.96. The Kier molecular flexibility index (Phi) is 3.24. The van der Waals surface area contributed by atoms with Gasteiger partial charge in [0.25, 0.3) is 0 Å². The molecule has 0 saturated carbocycles. The van der Waals surface area contributed by atoms with Gasteiger partial charge in [-0.1, -0.05) is 18.6 Å². The minimum absolute atomic E-state index is 0.0537. The molecule has 0 fully saturated rings. The second-order valence-electron chi connectivity index (χ2n) is 5.24. The average molecular weight is 245 g/mol. The lowest BCUT2D eigenvalue weighted by Crippen LogP contribution is -2.33. The minimum Gasteiger partial charge on any atom is -0.550 e. The highest BCUT2D eigenvalue weighted by Crippen LogP contribution is 2.38. The Balaban J connectivity index is 2.42. The zero-order chi connectivity index (χ0) is 13.4. The van der Waals surface area contributed by atoms with Gasteiger partial charge < -0.3 is 9.90 Å². The van der Waals surface area contributed by atoms with Crippen molar-refractivity contribution in [2.75, 3.05) is 0 Å². The molecule has 0 spiro atoms. The molecule has 0 aromatic heterocycles. The predicted octanol–water partition coefficient (Wildman–Crippen LogP) is 1.55. The number of carbonyl (C=O) groups is 2. The van der Waals surface area contributed by atoms with Gasteiger partial charge in [0, 0.05) is 17.5 Å². The van der Waals surface area contributed by atoms with E-state index in [9.17, 15) is 14.7 Å². The Bertz CT molecular complexity index is 506. The fourth-order valence-electron chi connectivity index (χ4n) is 2.71. The molecule has 0 amide bonds. The number of hydrogen-bond donors (Lipinski definition) is 0. The van der Waals surface area contributed by atoms with E-state index < -0.39 is 11.9 Å². The quantitative estimate of drug-likeness (QED) is 0.741. The first-order chi connectivity index (χ1) is 8.41. The van der Waals surface area contributed by atoms with Crippen LogP contribution in [-0.4, -0.2) is 11.8 Å². The third-order valence-electron chi connectivity index (χ3n) is 3.96. The highest BCUT2D eigenvalue weighted by Gasteiger charge is 2.29. The molecule has 0 heterocycles. The lowest BCUT2D eigenvalue weighted by atomic mass is 9.88. The van der Waals surface area contributed by atoms with Crippen molar-refractivity contribution < 1.29 is 14.7 Å². The molecule has 0 saturated heterocycles. The topological polar surface area (TPSA) is 57.2 Å². The van der Waals surface area contributed by atoms with E-state index in [1.54, 1.807) is 13.0 Å². The molecule has 0 aromatic carbocycles. The van der Waals surface area contributed by atoms with Crippen molar-refractivity contribution in [1.29, 1.82) is 0 Å². The van der Waals surface area contributed by atoms with Crippen molar-refractivity contribution in [3.63, 3.8) is 0 Å². The number of carbonyl (C=O) groups excluding carboxylic acids is 2. The zero-order valence-electron chi connectivity index (χ0n) is 10.9. The molecule has 0 radical (unpaired) electrons. The second kappa shape index (κ2) is 4.56. The summed E-state index contributed by atoms with van der Waals surface area (Å²) in [6.45, 7) is 5.53. The van der Waals surface area contributed by atoms with Gasteiger partial charge in [0.15, 0.2) is 5.78 Å². The van der Waals surface area contributed by atoms with Gasteiger partial charge in [-0.3, -0.25) is 4.79 Å². The monoisotopic (exact) mass is 245 g/mol. The van der Waals surface area contributed by atoms with E-state index in [0.717, 1.165) is 35.1 Å². The lowest BCUT2D eigenvalue weighted by Gasteiger charge is -2.21. The van der Waals surface area contributed by atoms with Crippen LogP contribution in [0.25, 0.3) is 0 Å². The largest absolute Gasteiger partial charge is 0.550 e. The Morgan fingerprint density at radius 1 is 1.44 bits per heavy atom. The molecule has 3 heteroatoms. The predicted molar refractivity (Wildman–Crippen MR) is 66.4 cm³/mol. The summed E-state index contributed by atoms with van der Waals surface area (Å²) in [6.07, 6.45) is 5.11. The molecule has 0 bridgehead atoms. The van der Waals surface area contributed by atoms with Crippen molar-refractivity contribution in [2.24, 2.45) is 11.8 Å². The number of aliphatic carboxylic acids is 1. The molecule has 2 aliphatic rings. The maximum Gasteiger partial charge on any atom is 0.186 e. The van der Waals surface area contributed by atoms with E-state index in [4.69, 9.17) is 0 Å². The van der Waals surface area contributed by atoms with Crippen LogP contribution < -0.4 is 5.11 Å². The molecule has 3 nitrogen and oxygen atoms in total. The fraction of sp³-hybridized carbons (Fsp3) is 0.467. The molecular weight excluding hydrogens is 228 g/mol. The highest BCUT2D eigenvalue weighted by atomic mass is 16.4. The molecule has 18 heavy (non-hydrogen) atoms. The fourth-order valence-corrected chi connectivity index (χ4v) is 2.71. The molecule has 0 aromatic rings. The Morgan fingerprint density at radius 3 is 2.72 bits per heavy atom. The first-order valence-corrected chi connectivity index (χ1v) is 6.27. The molecule has 0 aliphatic heterocycles. The zero-order valence-corrected chi connectivity index (χ0v) is 10.9. The normalized spacial score (nSPS) is 25.3. The van der Waals surface area contributed by atoms with Gasteiger partial charge in [-0.05, 0) is 49.8 Å². The van der Waals surface area contributed by atoms with Crippen LogP contribution in [0.15, 0.2) is 34.4 Å². The average Bonchev–Trinajstić information content (AvgIpc) is 2.48. The van der Waals surface area contributed by atoms with E-state index in [1.165, 1.54) is 0 Å². The lowest BCUT2D eigenvalue weighted by molar-refractivity contribution is -0.312. The van der Waals surface area contributed by atoms with Gasteiger partial charge >= 0.3 is 0 Å². The third kappa shape index (κ3) is 2.05. The van der Waals surface area contributed by atoms with Crippen molar-refractivity contribution >= 4 is 11.8 Å². The summed E-state index contributed by atoms with van der Waals surface area (Å²) in [6, 6.07) is 0. The summed E-state index contributed by atoms with van der Waals surface area (Å²) >= 11 is 0. The SMILES string of the molecule is CC1=CC(=O)C2=C(C)CC[C@H]([C@H](C)C(=O)[O-])C=C12. The van der Waals surface area contributed by atoms with E-state index in [-0.39, 0.29) is 11.7 Å². The van der Waals surface area contributed by atoms with Crippen molar-refractivity contribution in [3.8, 4) is 0 Å². The van der Waals surface area contributed by atoms with E-state index in [1.807, 2.05) is 19.9 Å². The smallest absolute Gasteiger partial charge is 0.186 e. The van der Waals surface area contributed by atoms with Gasteiger partial charge in [0.05, 0.1) is 0 Å². The van der Waals surface area contributed by atoms with Crippen molar-refractivity contribution in [3.05, 3.63) is 34.4 Å². The van der Waals surface area contributed by atoms with E-state index in [0.29, 0.717) is 0 Å². The molecule has 0 N–H and O–H groups in total. The van der Waals surface area contributed by atoms with Gasteiger partial charge in [0.2, 0.25) is 0 Å². The second-order valence-corrected chi connectivity index (χ2v) is 5.24. The van der Waals surface area contributed by atoms with Crippen LogP contribution in [0.2, 0.25) is 0 Å². The summed E-state index contributed by atoms with van der Waals surface area (Å²) in [7, 11) is 0. The van der Waals surface area contributed by atoms with Gasteiger partial charge in [-0.25, -0.2) is 0 Å². The summed E-state index contributed by atoms with van der Waals surface area (Å²) in [5.41, 5.74) is 3.70. The van der Waals surface area contributed by atoms with Crippen LogP contribution in [0.4, 0.5) is 0 Å².